The van der Waals surface area contributed by atoms with Gasteiger partial charge < -0.3 is 9.80 Å². The van der Waals surface area contributed by atoms with Gasteiger partial charge in [0.2, 0.25) is 0 Å². The van der Waals surface area contributed by atoms with Gasteiger partial charge in [-0.1, -0.05) is 6.07 Å². The highest BCUT2D eigenvalue weighted by molar-refractivity contribution is 5.41. The summed E-state index contributed by atoms with van der Waals surface area (Å²) >= 11 is 0. The van der Waals surface area contributed by atoms with Crippen LogP contribution >= 0.6 is 0 Å². The number of pyridine rings is 1. The molecule has 2 fully saturated rings. The second kappa shape index (κ2) is 3.74. The first kappa shape index (κ1) is 10.1. The van der Waals surface area contributed by atoms with E-state index in [0.29, 0.717) is 0 Å². The number of hydrogen-bond donors (Lipinski definition) is 0. The average molecular weight is 217 g/mol. The topological polar surface area (TPSA) is 19.4 Å². The van der Waals surface area contributed by atoms with Crippen LogP contribution < -0.4 is 4.90 Å². The van der Waals surface area contributed by atoms with Crippen LogP contribution in [0.5, 0.6) is 0 Å². The lowest BCUT2D eigenvalue weighted by atomic mass is 10.0. The molecule has 0 aromatic carbocycles. The van der Waals surface area contributed by atoms with Crippen LogP contribution in [0.25, 0.3) is 0 Å². The number of nitrogens with zero attached hydrogens (tertiary/aromatic N) is 3. The maximum atomic E-state index is 4.52. The number of hydrogen-bond acceptors (Lipinski definition) is 3. The molecule has 3 nitrogen and oxygen atoms in total. The minimum atomic E-state index is 0.855. The Balaban J connectivity index is 1.73. The zero-order chi connectivity index (χ0) is 11.1. The minimum absolute atomic E-state index is 0.855. The Morgan fingerprint density at radius 2 is 1.81 bits per heavy atom. The molecule has 0 bridgehead atoms. The Morgan fingerprint density at radius 3 is 2.38 bits per heavy atom. The normalized spacial score (nSPS) is 29.8. The van der Waals surface area contributed by atoms with Crippen LogP contribution in [-0.2, 0) is 0 Å². The summed E-state index contributed by atoms with van der Waals surface area (Å²) < 4.78 is 0. The molecule has 0 radical (unpaired) electrons. The highest BCUT2D eigenvalue weighted by Gasteiger charge is 2.38. The molecule has 0 amide bonds. The van der Waals surface area contributed by atoms with Crippen LogP contribution in [0, 0.1) is 18.8 Å². The number of rotatable bonds is 1. The number of fused-ring (bicyclic) bond motifs is 1. The third-order valence-corrected chi connectivity index (χ3v) is 3.89. The van der Waals surface area contributed by atoms with Gasteiger partial charge in [0.25, 0.3) is 0 Å². The predicted octanol–water partition coefficient (Wildman–Crippen LogP) is 1.39. The Labute approximate surface area is 97.1 Å². The maximum absolute atomic E-state index is 4.52. The Hall–Kier alpha value is -1.09. The number of aromatic nitrogens is 1. The summed E-state index contributed by atoms with van der Waals surface area (Å²) in [6.07, 6.45) is 1.97. The quantitative estimate of drug-likeness (QED) is 0.708. The summed E-state index contributed by atoms with van der Waals surface area (Å²) in [4.78, 5) is 9.42. The lowest BCUT2D eigenvalue weighted by Gasteiger charge is -2.20. The van der Waals surface area contributed by atoms with Crippen LogP contribution in [0.4, 0.5) is 5.82 Å². The van der Waals surface area contributed by atoms with E-state index in [1.165, 1.54) is 31.7 Å². The van der Waals surface area contributed by atoms with Gasteiger partial charge in [-0.05, 0) is 37.4 Å². The lowest BCUT2D eigenvalue weighted by molar-refractivity contribution is 0.387. The molecule has 16 heavy (non-hydrogen) atoms. The van der Waals surface area contributed by atoms with Crippen molar-refractivity contribution in [3.8, 4) is 0 Å². The van der Waals surface area contributed by atoms with Crippen LogP contribution in [0.1, 0.15) is 5.56 Å². The second-order valence-electron chi connectivity index (χ2n) is 5.34. The number of likely N-dealkylation sites (tertiary alicyclic amines) is 1. The first-order valence-electron chi connectivity index (χ1n) is 6.08. The van der Waals surface area contributed by atoms with Gasteiger partial charge >= 0.3 is 0 Å². The van der Waals surface area contributed by atoms with E-state index in [4.69, 9.17) is 0 Å². The van der Waals surface area contributed by atoms with Crippen molar-refractivity contribution >= 4 is 5.82 Å². The fourth-order valence-electron chi connectivity index (χ4n) is 3.06. The molecule has 3 rings (SSSR count). The van der Waals surface area contributed by atoms with Gasteiger partial charge in [-0.15, -0.1) is 0 Å². The van der Waals surface area contributed by atoms with Crippen molar-refractivity contribution in [1.82, 2.24) is 9.88 Å². The Kier molecular flexibility index (Phi) is 2.36. The van der Waals surface area contributed by atoms with Crippen LogP contribution in [0.3, 0.4) is 0 Å². The van der Waals surface area contributed by atoms with E-state index in [2.05, 4.69) is 40.9 Å². The van der Waals surface area contributed by atoms with Crippen molar-refractivity contribution in [2.24, 2.45) is 11.8 Å². The van der Waals surface area contributed by atoms with E-state index in [0.717, 1.165) is 17.7 Å². The highest BCUT2D eigenvalue weighted by atomic mass is 15.3. The van der Waals surface area contributed by atoms with E-state index in [1.807, 2.05) is 6.20 Å². The zero-order valence-corrected chi connectivity index (χ0v) is 10.1. The van der Waals surface area contributed by atoms with Crippen molar-refractivity contribution in [2.75, 3.05) is 38.1 Å². The molecular weight excluding hydrogens is 198 g/mol. The van der Waals surface area contributed by atoms with Gasteiger partial charge in [0.15, 0.2) is 0 Å². The van der Waals surface area contributed by atoms with Gasteiger partial charge in [-0.3, -0.25) is 0 Å². The molecule has 0 saturated carbocycles. The van der Waals surface area contributed by atoms with Crippen molar-refractivity contribution in [2.45, 2.75) is 6.92 Å². The van der Waals surface area contributed by atoms with Gasteiger partial charge in [-0.25, -0.2) is 4.98 Å². The minimum Gasteiger partial charge on any atom is -0.356 e. The smallest absolute Gasteiger partial charge is 0.128 e. The van der Waals surface area contributed by atoms with Crippen LogP contribution in [0.15, 0.2) is 18.3 Å². The molecule has 2 atom stereocenters. The van der Waals surface area contributed by atoms with Gasteiger partial charge in [0, 0.05) is 32.4 Å². The Morgan fingerprint density at radius 1 is 1.12 bits per heavy atom. The van der Waals surface area contributed by atoms with E-state index in [1.54, 1.807) is 0 Å². The van der Waals surface area contributed by atoms with Crippen molar-refractivity contribution < 1.29 is 0 Å². The number of anilines is 1. The first-order chi connectivity index (χ1) is 7.72. The van der Waals surface area contributed by atoms with Crippen LogP contribution in [0.2, 0.25) is 0 Å². The summed E-state index contributed by atoms with van der Waals surface area (Å²) in [5.41, 5.74) is 1.24. The molecular formula is C13H19N3. The maximum Gasteiger partial charge on any atom is 0.128 e. The molecule has 2 aliphatic rings. The first-order valence-corrected chi connectivity index (χ1v) is 6.08. The molecule has 1 aromatic heterocycles. The molecule has 0 N–H and O–H groups in total. The molecule has 1 aromatic rings. The Bertz CT molecular complexity index is 359. The fourth-order valence-corrected chi connectivity index (χ4v) is 3.06. The summed E-state index contributed by atoms with van der Waals surface area (Å²) in [5.74, 6) is 2.86. The fraction of sp³-hybridized carbons (Fsp3) is 0.615. The third kappa shape index (κ3) is 1.69. The van der Waals surface area contributed by atoms with Gasteiger partial charge in [0.05, 0.1) is 0 Å². The highest BCUT2D eigenvalue weighted by Crippen LogP contribution is 2.32. The zero-order valence-electron chi connectivity index (χ0n) is 10.1. The summed E-state index contributed by atoms with van der Waals surface area (Å²) in [5, 5.41) is 0. The van der Waals surface area contributed by atoms with E-state index < -0.39 is 0 Å². The number of aryl methyl sites for hydroxylation is 1. The van der Waals surface area contributed by atoms with Crippen molar-refractivity contribution in [1.29, 1.82) is 0 Å². The predicted molar refractivity (Wildman–Crippen MR) is 65.7 cm³/mol. The summed E-state index contributed by atoms with van der Waals surface area (Å²) in [6.45, 7) is 6.97. The monoisotopic (exact) mass is 217 g/mol. The van der Waals surface area contributed by atoms with Crippen LogP contribution in [-0.4, -0.2) is 43.1 Å². The lowest BCUT2D eigenvalue weighted by Crippen LogP contribution is -2.27. The standard InChI is InChI=1S/C13H19N3/c1-10-3-4-13(14-5-10)16-8-11-6-15(2)7-12(11)9-16/h3-5,11-12H,6-9H2,1-2H3. The largest absolute Gasteiger partial charge is 0.356 e. The average Bonchev–Trinajstić information content (AvgIpc) is 2.75. The van der Waals surface area contributed by atoms with E-state index in [9.17, 15) is 0 Å². The third-order valence-electron chi connectivity index (χ3n) is 3.89. The summed E-state index contributed by atoms with van der Waals surface area (Å²) in [7, 11) is 2.23. The van der Waals surface area contributed by atoms with Gasteiger partial charge in [-0.2, -0.15) is 0 Å². The molecule has 0 aliphatic carbocycles. The van der Waals surface area contributed by atoms with E-state index >= 15 is 0 Å². The van der Waals surface area contributed by atoms with Crippen molar-refractivity contribution in [3.05, 3.63) is 23.9 Å². The molecule has 86 valence electrons. The molecule has 3 heteroatoms. The van der Waals surface area contributed by atoms with Gasteiger partial charge in [0.1, 0.15) is 5.82 Å². The van der Waals surface area contributed by atoms with Crippen molar-refractivity contribution in [3.63, 3.8) is 0 Å². The molecule has 0 spiro atoms. The molecule has 2 aliphatic heterocycles. The molecule has 2 unspecified atom stereocenters. The SMILES string of the molecule is Cc1ccc(N2CC3CN(C)CC3C2)nc1. The molecule has 2 saturated heterocycles. The molecule has 3 heterocycles. The van der Waals surface area contributed by atoms with E-state index in [-0.39, 0.29) is 0 Å². The summed E-state index contributed by atoms with van der Waals surface area (Å²) in [6, 6.07) is 4.31. The second-order valence-corrected chi connectivity index (χ2v) is 5.34.